The topological polar surface area (TPSA) is 58.4 Å². The molecule has 0 saturated carbocycles. The molecule has 1 atom stereocenters. The fourth-order valence-corrected chi connectivity index (χ4v) is 3.03. The van der Waals surface area contributed by atoms with E-state index in [9.17, 15) is 9.90 Å². The summed E-state index contributed by atoms with van der Waals surface area (Å²) < 4.78 is 2.09. The first-order chi connectivity index (χ1) is 9.69. The van der Waals surface area contributed by atoms with Crippen molar-refractivity contribution in [3.8, 4) is 0 Å². The zero-order chi connectivity index (χ0) is 14.1. The van der Waals surface area contributed by atoms with E-state index >= 15 is 0 Å². The van der Waals surface area contributed by atoms with E-state index in [1.54, 1.807) is 18.5 Å². The predicted molar refractivity (Wildman–Crippen MR) is 76.9 cm³/mol. The number of carbonyl (C=O) groups is 1. The van der Waals surface area contributed by atoms with Gasteiger partial charge in [-0.05, 0) is 37.6 Å². The van der Waals surface area contributed by atoms with Gasteiger partial charge in [0.1, 0.15) is 5.52 Å². The fraction of sp³-hybridized carbons (Fsp3) is 0.467. The minimum Gasteiger partial charge on any atom is -0.478 e. The van der Waals surface area contributed by atoms with Crippen molar-refractivity contribution in [2.45, 2.75) is 19.9 Å². The van der Waals surface area contributed by atoms with Crippen molar-refractivity contribution in [1.29, 1.82) is 0 Å². The van der Waals surface area contributed by atoms with Gasteiger partial charge in [0.25, 0.3) is 0 Å². The number of rotatable bonds is 4. The lowest BCUT2D eigenvalue weighted by molar-refractivity contribution is 0.0699. The van der Waals surface area contributed by atoms with Crippen LogP contribution in [0.2, 0.25) is 0 Å². The van der Waals surface area contributed by atoms with Gasteiger partial charge in [0.05, 0.1) is 17.4 Å². The summed E-state index contributed by atoms with van der Waals surface area (Å²) in [5.41, 5.74) is 1.79. The van der Waals surface area contributed by atoms with E-state index in [0.29, 0.717) is 11.4 Å². The maximum absolute atomic E-state index is 11.2. The van der Waals surface area contributed by atoms with Crippen LogP contribution in [-0.4, -0.2) is 45.2 Å². The maximum Gasteiger partial charge on any atom is 0.337 e. The normalized spacial score (nSPS) is 19.8. The van der Waals surface area contributed by atoms with Crippen LogP contribution in [0.1, 0.15) is 23.7 Å². The van der Waals surface area contributed by atoms with Crippen LogP contribution < -0.4 is 0 Å². The second kappa shape index (κ2) is 5.25. The number of benzene rings is 1. The SMILES string of the molecule is CCN1CCC(Cn2cnc3c(C(=O)O)cccc32)C1. The maximum atomic E-state index is 11.2. The van der Waals surface area contributed by atoms with Crippen LogP contribution in [0.5, 0.6) is 0 Å². The van der Waals surface area contributed by atoms with Crippen molar-refractivity contribution in [3.05, 3.63) is 30.1 Å². The molecule has 3 rings (SSSR count). The van der Waals surface area contributed by atoms with Crippen LogP contribution in [0.15, 0.2) is 24.5 Å². The Morgan fingerprint density at radius 3 is 3.05 bits per heavy atom. The van der Waals surface area contributed by atoms with Gasteiger partial charge in [-0.15, -0.1) is 0 Å². The van der Waals surface area contributed by atoms with Crippen LogP contribution in [0.4, 0.5) is 0 Å². The Morgan fingerprint density at radius 2 is 2.35 bits per heavy atom. The quantitative estimate of drug-likeness (QED) is 0.926. The lowest BCUT2D eigenvalue weighted by Gasteiger charge is -2.14. The number of carboxylic acid groups (broad SMARTS) is 1. The second-order valence-corrected chi connectivity index (χ2v) is 5.42. The highest BCUT2D eigenvalue weighted by molar-refractivity contribution is 6.00. The predicted octanol–water partition coefficient (Wildman–Crippen LogP) is 2.08. The molecule has 1 unspecified atom stereocenters. The van der Waals surface area contributed by atoms with E-state index in [1.807, 2.05) is 6.07 Å². The third-order valence-electron chi connectivity index (χ3n) is 4.15. The molecule has 5 nitrogen and oxygen atoms in total. The number of hydrogen-bond acceptors (Lipinski definition) is 3. The zero-order valence-corrected chi connectivity index (χ0v) is 11.6. The van der Waals surface area contributed by atoms with Crippen molar-refractivity contribution in [1.82, 2.24) is 14.5 Å². The van der Waals surface area contributed by atoms with Crippen molar-refractivity contribution >= 4 is 17.0 Å². The fourth-order valence-electron chi connectivity index (χ4n) is 3.03. The Kier molecular flexibility index (Phi) is 3.44. The molecule has 1 aromatic heterocycles. The standard InChI is InChI=1S/C15H19N3O2/c1-2-17-7-6-11(8-17)9-18-10-16-14-12(15(19)20)4-3-5-13(14)18/h3-5,10-11H,2,6-9H2,1H3,(H,19,20). The van der Waals surface area contributed by atoms with Gasteiger partial charge in [0.2, 0.25) is 0 Å². The monoisotopic (exact) mass is 273 g/mol. The average molecular weight is 273 g/mol. The Bertz CT molecular complexity index is 635. The summed E-state index contributed by atoms with van der Waals surface area (Å²) in [5, 5.41) is 9.19. The van der Waals surface area contributed by atoms with Gasteiger partial charge in [-0.1, -0.05) is 13.0 Å². The first kappa shape index (κ1) is 13.1. The van der Waals surface area contributed by atoms with Gasteiger partial charge >= 0.3 is 5.97 Å². The molecule has 0 spiro atoms. The number of likely N-dealkylation sites (tertiary alicyclic amines) is 1. The van der Waals surface area contributed by atoms with Crippen molar-refractivity contribution in [2.75, 3.05) is 19.6 Å². The molecule has 5 heteroatoms. The summed E-state index contributed by atoms with van der Waals surface area (Å²) in [6, 6.07) is 5.34. The minimum atomic E-state index is -0.918. The molecule has 1 saturated heterocycles. The van der Waals surface area contributed by atoms with Crippen LogP contribution in [0.25, 0.3) is 11.0 Å². The summed E-state index contributed by atoms with van der Waals surface area (Å²) in [6.45, 7) is 6.48. The summed E-state index contributed by atoms with van der Waals surface area (Å²) >= 11 is 0. The smallest absolute Gasteiger partial charge is 0.337 e. The van der Waals surface area contributed by atoms with Gasteiger partial charge in [-0.25, -0.2) is 9.78 Å². The molecule has 0 bridgehead atoms. The third kappa shape index (κ3) is 2.29. The molecular formula is C15H19N3O2. The van der Waals surface area contributed by atoms with E-state index in [2.05, 4.69) is 21.4 Å². The second-order valence-electron chi connectivity index (χ2n) is 5.42. The largest absolute Gasteiger partial charge is 0.478 e. The summed E-state index contributed by atoms with van der Waals surface area (Å²) in [7, 11) is 0. The first-order valence-electron chi connectivity index (χ1n) is 7.08. The molecule has 0 radical (unpaired) electrons. The molecule has 1 aliphatic rings. The average Bonchev–Trinajstić information content (AvgIpc) is 3.06. The Hall–Kier alpha value is -1.88. The molecular weight excluding hydrogens is 254 g/mol. The minimum absolute atomic E-state index is 0.280. The van der Waals surface area contributed by atoms with Crippen molar-refractivity contribution < 1.29 is 9.90 Å². The molecule has 2 heterocycles. The Balaban J connectivity index is 1.86. The van der Waals surface area contributed by atoms with Gasteiger partial charge in [0, 0.05) is 13.1 Å². The van der Waals surface area contributed by atoms with E-state index in [4.69, 9.17) is 0 Å². The molecule has 1 aliphatic heterocycles. The molecule has 1 N–H and O–H groups in total. The van der Waals surface area contributed by atoms with Crippen molar-refractivity contribution in [3.63, 3.8) is 0 Å². The van der Waals surface area contributed by atoms with Crippen LogP contribution >= 0.6 is 0 Å². The number of aromatic carboxylic acids is 1. The van der Waals surface area contributed by atoms with E-state index < -0.39 is 5.97 Å². The molecule has 1 aromatic carbocycles. The lowest BCUT2D eigenvalue weighted by atomic mass is 10.1. The van der Waals surface area contributed by atoms with Gasteiger partial charge < -0.3 is 14.6 Å². The van der Waals surface area contributed by atoms with Crippen LogP contribution in [0.3, 0.4) is 0 Å². The van der Waals surface area contributed by atoms with Crippen molar-refractivity contribution in [2.24, 2.45) is 5.92 Å². The number of imidazole rings is 1. The van der Waals surface area contributed by atoms with Gasteiger partial charge in [0.15, 0.2) is 0 Å². The number of aromatic nitrogens is 2. The highest BCUT2D eigenvalue weighted by Crippen LogP contribution is 2.22. The highest BCUT2D eigenvalue weighted by atomic mass is 16.4. The number of fused-ring (bicyclic) bond motifs is 1. The summed E-state index contributed by atoms with van der Waals surface area (Å²) in [4.78, 5) is 17.9. The molecule has 0 aliphatic carbocycles. The first-order valence-corrected chi connectivity index (χ1v) is 7.08. The zero-order valence-electron chi connectivity index (χ0n) is 11.6. The van der Waals surface area contributed by atoms with Gasteiger partial charge in [-0.3, -0.25) is 0 Å². The highest BCUT2D eigenvalue weighted by Gasteiger charge is 2.22. The van der Waals surface area contributed by atoms with Crippen LogP contribution in [-0.2, 0) is 6.54 Å². The van der Waals surface area contributed by atoms with E-state index in [-0.39, 0.29) is 5.56 Å². The molecule has 2 aromatic rings. The van der Waals surface area contributed by atoms with Crippen LogP contribution in [0, 0.1) is 5.92 Å². The third-order valence-corrected chi connectivity index (χ3v) is 4.15. The van der Waals surface area contributed by atoms with E-state index in [1.165, 1.54) is 6.42 Å². The number of nitrogens with zero attached hydrogens (tertiary/aromatic N) is 3. The molecule has 1 fully saturated rings. The molecule has 20 heavy (non-hydrogen) atoms. The summed E-state index contributed by atoms with van der Waals surface area (Å²) in [5.74, 6) is -0.292. The Morgan fingerprint density at radius 1 is 1.50 bits per heavy atom. The number of carboxylic acids is 1. The molecule has 0 amide bonds. The van der Waals surface area contributed by atoms with Gasteiger partial charge in [-0.2, -0.15) is 0 Å². The Labute approximate surface area is 117 Å². The lowest BCUT2D eigenvalue weighted by Crippen LogP contribution is -2.21. The molecule has 106 valence electrons. The summed E-state index contributed by atoms with van der Waals surface area (Å²) in [6.07, 6.45) is 2.97. The number of hydrogen-bond donors (Lipinski definition) is 1. The van der Waals surface area contributed by atoms with E-state index in [0.717, 1.165) is 31.7 Å². The number of para-hydroxylation sites is 1.